The van der Waals surface area contributed by atoms with E-state index in [4.69, 9.17) is 25.6 Å². The molecule has 14 heteroatoms. The molecule has 0 bridgehead atoms. The van der Waals surface area contributed by atoms with Gasteiger partial charge in [0.2, 0.25) is 6.79 Å². The van der Waals surface area contributed by atoms with E-state index in [1.54, 1.807) is 13.8 Å². The van der Waals surface area contributed by atoms with Gasteiger partial charge in [-0.1, -0.05) is 16.8 Å². The zero-order chi connectivity index (χ0) is 24.1. The Hall–Kier alpha value is -2.61. The molecule has 0 saturated carbocycles. The topological polar surface area (TPSA) is 142 Å². The number of anilines is 1. The average Bonchev–Trinajstić information content (AvgIpc) is 3.46. The molecule has 1 aliphatic heterocycles. The number of carbonyl (C=O) groups is 1. The van der Waals surface area contributed by atoms with Crippen LogP contribution in [0, 0.1) is 13.8 Å². The van der Waals surface area contributed by atoms with Gasteiger partial charge in [-0.25, -0.2) is 21.6 Å². The number of aryl methyl sites for hydroxylation is 1. The van der Waals surface area contributed by atoms with Gasteiger partial charge in [0.25, 0.3) is 15.9 Å². The molecule has 176 valence electrons. The number of aromatic nitrogens is 1. The van der Waals surface area contributed by atoms with E-state index in [1.165, 1.54) is 17.5 Å². The van der Waals surface area contributed by atoms with E-state index in [9.17, 15) is 21.6 Å². The third kappa shape index (κ3) is 4.33. The molecule has 4 rings (SSSR count). The molecule has 0 aliphatic carbocycles. The highest BCUT2D eigenvalue weighted by atomic mass is 35.5. The molecular formula is C19H17ClN2O8S3. The van der Waals surface area contributed by atoms with Gasteiger partial charge < -0.3 is 14.0 Å². The molecule has 10 nitrogen and oxygen atoms in total. The van der Waals surface area contributed by atoms with Gasteiger partial charge in [0.05, 0.1) is 9.77 Å². The first-order valence-corrected chi connectivity index (χ1v) is 13.9. The Morgan fingerprint density at radius 1 is 1.21 bits per heavy atom. The Morgan fingerprint density at radius 2 is 1.94 bits per heavy atom. The summed E-state index contributed by atoms with van der Waals surface area (Å²) in [7, 11) is -7.84. The van der Waals surface area contributed by atoms with E-state index in [2.05, 4.69) is 9.88 Å². The van der Waals surface area contributed by atoms with Crippen LogP contribution in [0.25, 0.3) is 0 Å². The minimum absolute atomic E-state index is 0.00241. The van der Waals surface area contributed by atoms with E-state index in [1.807, 2.05) is 0 Å². The fraction of sp³-hybridized carbons (Fsp3) is 0.263. The molecule has 3 aromatic rings. The second kappa shape index (κ2) is 8.31. The standard InChI is InChI=1S/C19H17ClN2O8S3/c1-9-11(17-13(28-8-29-17)7-15(9)32(3,24)25)6-12(23)18-14(4-5-31-18)33(26,27)22-19-16(20)10(2)21-30-19/h4-5,7,22H,6,8H2,1-3H3. The van der Waals surface area contributed by atoms with Crippen molar-refractivity contribution in [2.75, 3.05) is 17.8 Å². The normalized spacial score (nSPS) is 13.3. The molecule has 0 saturated heterocycles. The van der Waals surface area contributed by atoms with Gasteiger partial charge in [-0.2, -0.15) is 0 Å². The number of nitrogens with zero attached hydrogens (tertiary/aromatic N) is 1. The fourth-order valence-corrected chi connectivity index (χ4v) is 6.89. The highest BCUT2D eigenvalue weighted by molar-refractivity contribution is 7.93. The third-order valence-electron chi connectivity index (χ3n) is 4.93. The SMILES string of the molecule is Cc1noc(NS(=O)(=O)c2ccsc2C(=O)Cc2c(C)c(S(C)(=O)=O)cc3c2OCO3)c1Cl. The highest BCUT2D eigenvalue weighted by Gasteiger charge is 2.31. The highest BCUT2D eigenvalue weighted by Crippen LogP contribution is 2.42. The second-order valence-corrected chi connectivity index (χ2v) is 12.1. The van der Waals surface area contributed by atoms with Gasteiger partial charge in [0, 0.05) is 24.3 Å². The van der Waals surface area contributed by atoms with Crippen LogP contribution in [0.3, 0.4) is 0 Å². The minimum Gasteiger partial charge on any atom is -0.454 e. The number of halogens is 1. The summed E-state index contributed by atoms with van der Waals surface area (Å²) in [6.45, 7) is 2.98. The fourth-order valence-electron chi connectivity index (χ4n) is 3.33. The number of thiophene rings is 1. The predicted molar refractivity (Wildman–Crippen MR) is 120 cm³/mol. The summed E-state index contributed by atoms with van der Waals surface area (Å²) in [5, 5.41) is 5.05. The van der Waals surface area contributed by atoms with Crippen LogP contribution in [0.2, 0.25) is 5.02 Å². The van der Waals surface area contributed by atoms with Gasteiger partial charge in [0.15, 0.2) is 27.1 Å². The minimum atomic E-state index is -4.23. The van der Waals surface area contributed by atoms with Crippen molar-refractivity contribution in [1.29, 1.82) is 0 Å². The largest absolute Gasteiger partial charge is 0.454 e. The third-order valence-corrected chi connectivity index (χ3v) is 9.05. The lowest BCUT2D eigenvalue weighted by Crippen LogP contribution is -2.16. The van der Waals surface area contributed by atoms with Crippen LogP contribution in [-0.4, -0.2) is 40.8 Å². The molecule has 0 spiro atoms. The molecular weight excluding hydrogens is 516 g/mol. The van der Waals surface area contributed by atoms with Crippen molar-refractivity contribution in [3.05, 3.63) is 44.2 Å². The van der Waals surface area contributed by atoms with Crippen LogP contribution in [0.1, 0.15) is 26.5 Å². The van der Waals surface area contributed by atoms with Crippen molar-refractivity contribution < 1.29 is 35.6 Å². The van der Waals surface area contributed by atoms with E-state index >= 15 is 0 Å². The molecule has 1 aromatic carbocycles. The van der Waals surface area contributed by atoms with Crippen LogP contribution in [-0.2, 0) is 26.3 Å². The quantitative estimate of drug-likeness (QED) is 0.453. The van der Waals surface area contributed by atoms with E-state index in [0.717, 1.165) is 17.6 Å². The first kappa shape index (κ1) is 23.5. The van der Waals surface area contributed by atoms with Gasteiger partial charge in [-0.05, 0) is 30.9 Å². The van der Waals surface area contributed by atoms with Crippen molar-refractivity contribution in [3.8, 4) is 11.5 Å². The zero-order valence-electron chi connectivity index (χ0n) is 17.5. The Kier molecular flexibility index (Phi) is 5.93. The van der Waals surface area contributed by atoms with Crippen LogP contribution in [0.4, 0.5) is 5.88 Å². The first-order chi connectivity index (χ1) is 15.4. The Labute approximate surface area is 198 Å². The number of sulfonamides is 1. The van der Waals surface area contributed by atoms with Crippen molar-refractivity contribution in [3.63, 3.8) is 0 Å². The number of ketones is 1. The van der Waals surface area contributed by atoms with Gasteiger partial charge in [-0.3, -0.25) is 4.79 Å². The maximum atomic E-state index is 13.2. The molecule has 3 heterocycles. The Balaban J connectivity index is 1.71. The monoisotopic (exact) mass is 532 g/mol. The number of ether oxygens (including phenoxy) is 2. The number of nitrogens with one attached hydrogen (secondary N) is 1. The number of hydrogen-bond acceptors (Lipinski definition) is 10. The summed E-state index contributed by atoms with van der Waals surface area (Å²) in [6.07, 6.45) is 0.751. The predicted octanol–water partition coefficient (Wildman–Crippen LogP) is 3.36. The molecule has 0 radical (unpaired) electrons. The Morgan fingerprint density at radius 3 is 2.58 bits per heavy atom. The lowest BCUT2D eigenvalue weighted by Gasteiger charge is -2.13. The molecule has 2 aromatic heterocycles. The molecule has 0 atom stereocenters. The average molecular weight is 533 g/mol. The van der Waals surface area contributed by atoms with Crippen molar-refractivity contribution >= 4 is 54.5 Å². The summed E-state index contributed by atoms with van der Waals surface area (Å²) in [6, 6.07) is 2.64. The van der Waals surface area contributed by atoms with E-state index < -0.39 is 25.6 Å². The molecule has 0 unspecified atom stereocenters. The van der Waals surface area contributed by atoms with Crippen molar-refractivity contribution in [1.82, 2.24) is 5.16 Å². The first-order valence-electron chi connectivity index (χ1n) is 9.27. The van der Waals surface area contributed by atoms with E-state index in [-0.39, 0.29) is 50.3 Å². The van der Waals surface area contributed by atoms with E-state index in [0.29, 0.717) is 16.8 Å². The van der Waals surface area contributed by atoms with Gasteiger partial charge in [-0.15, -0.1) is 11.3 Å². The molecule has 1 N–H and O–H groups in total. The number of benzene rings is 1. The smallest absolute Gasteiger partial charge is 0.265 e. The summed E-state index contributed by atoms with van der Waals surface area (Å²) >= 11 is 6.92. The summed E-state index contributed by atoms with van der Waals surface area (Å²) in [5.74, 6) is -0.341. The molecule has 1 aliphatic rings. The number of sulfone groups is 1. The summed E-state index contributed by atoms with van der Waals surface area (Å²) < 4.78 is 68.1. The van der Waals surface area contributed by atoms with Gasteiger partial charge >= 0.3 is 0 Å². The summed E-state index contributed by atoms with van der Waals surface area (Å²) in [4.78, 5) is 12.9. The molecule has 0 amide bonds. The lowest BCUT2D eigenvalue weighted by molar-refractivity contribution is 0.0992. The second-order valence-electron chi connectivity index (χ2n) is 7.21. The number of fused-ring (bicyclic) bond motifs is 1. The summed E-state index contributed by atoms with van der Waals surface area (Å²) in [5.41, 5.74) is 0.945. The van der Waals surface area contributed by atoms with Crippen LogP contribution < -0.4 is 14.2 Å². The van der Waals surface area contributed by atoms with Crippen LogP contribution in [0.5, 0.6) is 11.5 Å². The number of Topliss-reactive ketones (excluding diaryl/α,β-unsaturated/α-hetero) is 1. The van der Waals surface area contributed by atoms with Crippen molar-refractivity contribution in [2.45, 2.75) is 30.1 Å². The number of rotatable bonds is 7. The zero-order valence-corrected chi connectivity index (χ0v) is 20.7. The lowest BCUT2D eigenvalue weighted by atomic mass is 10.0. The van der Waals surface area contributed by atoms with Crippen LogP contribution in [0.15, 0.2) is 31.8 Å². The van der Waals surface area contributed by atoms with Crippen LogP contribution >= 0.6 is 22.9 Å². The number of carbonyl (C=O) groups excluding carboxylic acids is 1. The van der Waals surface area contributed by atoms with Gasteiger partial charge in [0.1, 0.15) is 15.6 Å². The number of hydrogen-bond donors (Lipinski definition) is 1. The maximum absolute atomic E-state index is 13.2. The molecule has 33 heavy (non-hydrogen) atoms. The Bertz CT molecular complexity index is 1490. The van der Waals surface area contributed by atoms with Crippen molar-refractivity contribution in [2.24, 2.45) is 0 Å². The maximum Gasteiger partial charge on any atom is 0.265 e. The molecule has 0 fully saturated rings.